The second-order valence-corrected chi connectivity index (χ2v) is 11.5. The van der Waals surface area contributed by atoms with Gasteiger partial charge in [0.2, 0.25) is 10.0 Å². The van der Waals surface area contributed by atoms with Gasteiger partial charge in [-0.05, 0) is 48.9 Å². The van der Waals surface area contributed by atoms with Crippen LogP contribution in [0.1, 0.15) is 27.9 Å². The molecule has 1 aromatic heterocycles. The monoisotopic (exact) mass is 566 g/mol. The molecule has 0 saturated carbocycles. The Hall–Kier alpha value is -4.16. The fourth-order valence-electron chi connectivity index (χ4n) is 4.70. The molecular weight excluding hydrogens is 536 g/mol. The summed E-state index contributed by atoms with van der Waals surface area (Å²) in [6, 6.07) is 12.6. The zero-order valence-electron chi connectivity index (χ0n) is 22.1. The van der Waals surface area contributed by atoms with Crippen LogP contribution in [0, 0.1) is 6.92 Å². The molecule has 0 aliphatic carbocycles. The lowest BCUT2D eigenvalue weighted by molar-refractivity contribution is -0.123. The average Bonchev–Trinajstić information content (AvgIpc) is 2.96. The number of fused-ring (bicyclic) bond motifs is 7. The number of hydrogen-bond donors (Lipinski definition) is 2. The lowest BCUT2D eigenvalue weighted by Crippen LogP contribution is -2.58. The number of carbonyl (C=O) groups excluding carboxylic acids is 2. The minimum Gasteiger partial charge on any atom is -0.496 e. The molecule has 2 aromatic carbocycles. The van der Waals surface area contributed by atoms with Crippen LogP contribution in [-0.4, -0.2) is 68.5 Å². The van der Waals surface area contributed by atoms with E-state index in [1.54, 1.807) is 42.5 Å². The number of aryl methyl sites for hydroxylation is 1. The van der Waals surface area contributed by atoms with Crippen LogP contribution >= 0.6 is 0 Å². The molecule has 0 unspecified atom stereocenters. The summed E-state index contributed by atoms with van der Waals surface area (Å²) in [5.74, 6) is 0.645. The molecule has 0 spiro atoms. The summed E-state index contributed by atoms with van der Waals surface area (Å²) in [6.45, 7) is 1.99. The summed E-state index contributed by atoms with van der Waals surface area (Å²) < 4.78 is 45.6. The molecule has 1 saturated heterocycles. The quantitative estimate of drug-likeness (QED) is 0.492. The van der Waals surface area contributed by atoms with E-state index in [9.17, 15) is 18.0 Å². The van der Waals surface area contributed by atoms with Crippen molar-refractivity contribution in [2.45, 2.75) is 36.9 Å². The summed E-state index contributed by atoms with van der Waals surface area (Å²) in [7, 11) is -2.32. The third kappa shape index (κ3) is 5.87. The SMILES string of the molecule is COc1cc2ccc1CNC(=O)COc1cc(ccc1C)C(=O)N[C@H]1CN(S(=O)(=O)c3cccnc3)CC[C@H]1O2. The van der Waals surface area contributed by atoms with Gasteiger partial charge in [-0.1, -0.05) is 6.07 Å². The number of carbonyl (C=O) groups is 2. The lowest BCUT2D eigenvalue weighted by Gasteiger charge is -2.38. The van der Waals surface area contributed by atoms with Crippen LogP contribution in [-0.2, 0) is 21.4 Å². The van der Waals surface area contributed by atoms with Gasteiger partial charge in [-0.25, -0.2) is 8.42 Å². The van der Waals surface area contributed by atoms with Crippen molar-refractivity contribution in [3.05, 3.63) is 77.6 Å². The highest BCUT2D eigenvalue weighted by atomic mass is 32.2. The number of aromatic nitrogens is 1. The Morgan fingerprint density at radius 2 is 1.98 bits per heavy atom. The number of hydrogen-bond acceptors (Lipinski definition) is 8. The summed E-state index contributed by atoms with van der Waals surface area (Å²) in [4.78, 5) is 29.9. The first-order valence-electron chi connectivity index (χ1n) is 12.8. The van der Waals surface area contributed by atoms with Gasteiger partial charge >= 0.3 is 0 Å². The number of pyridine rings is 1. The van der Waals surface area contributed by atoms with Crippen LogP contribution in [0.3, 0.4) is 0 Å². The molecule has 2 atom stereocenters. The molecule has 2 N–H and O–H groups in total. The summed E-state index contributed by atoms with van der Waals surface area (Å²) in [5.41, 5.74) is 1.81. The highest BCUT2D eigenvalue weighted by Crippen LogP contribution is 2.29. The Balaban J connectivity index is 1.49. The van der Waals surface area contributed by atoms with E-state index in [1.165, 1.54) is 29.9 Å². The minimum absolute atomic E-state index is 0.00348. The summed E-state index contributed by atoms with van der Waals surface area (Å²) >= 11 is 0. The molecule has 3 aromatic rings. The third-order valence-corrected chi connectivity index (χ3v) is 8.78. The topological polar surface area (TPSA) is 136 Å². The molecule has 4 heterocycles. The Morgan fingerprint density at radius 1 is 1.12 bits per heavy atom. The maximum absolute atomic E-state index is 13.4. The number of methoxy groups -OCH3 is 1. The van der Waals surface area contributed by atoms with Crippen molar-refractivity contribution in [2.75, 3.05) is 26.8 Å². The highest BCUT2D eigenvalue weighted by Gasteiger charge is 2.38. The van der Waals surface area contributed by atoms with Crippen LogP contribution in [0.2, 0.25) is 0 Å². The molecular formula is C28H30N4O7S. The normalized spacial score (nSPS) is 20.2. The molecule has 3 aliphatic rings. The summed E-state index contributed by atoms with van der Waals surface area (Å²) in [6.07, 6.45) is 2.61. The van der Waals surface area contributed by atoms with Gasteiger partial charge in [-0.2, -0.15) is 4.31 Å². The van der Waals surface area contributed by atoms with E-state index in [2.05, 4.69) is 15.6 Å². The first-order valence-corrected chi connectivity index (χ1v) is 14.2. The maximum Gasteiger partial charge on any atom is 0.258 e. The highest BCUT2D eigenvalue weighted by molar-refractivity contribution is 7.89. The van der Waals surface area contributed by atoms with Crippen LogP contribution in [0.15, 0.2) is 65.8 Å². The number of amides is 2. The van der Waals surface area contributed by atoms with Crippen molar-refractivity contribution >= 4 is 21.8 Å². The molecule has 0 radical (unpaired) electrons. The van der Waals surface area contributed by atoms with Crippen LogP contribution < -0.4 is 24.8 Å². The third-order valence-electron chi connectivity index (χ3n) is 6.93. The Bertz CT molecular complexity index is 1510. The zero-order chi connectivity index (χ0) is 28.3. The average molecular weight is 567 g/mol. The fraction of sp³-hybridized carbons (Fsp3) is 0.321. The van der Waals surface area contributed by atoms with Gasteiger partial charge in [-0.3, -0.25) is 14.6 Å². The Kier molecular flexibility index (Phi) is 7.90. The molecule has 6 rings (SSSR count). The number of nitrogens with zero attached hydrogens (tertiary/aromatic N) is 2. The second-order valence-electron chi connectivity index (χ2n) is 9.60. The Labute approximate surface area is 232 Å². The van der Waals surface area contributed by atoms with E-state index < -0.39 is 28.1 Å². The fourth-order valence-corrected chi connectivity index (χ4v) is 6.15. The number of rotatable bonds is 3. The number of benzene rings is 2. The predicted octanol–water partition coefficient (Wildman–Crippen LogP) is 2.05. The van der Waals surface area contributed by atoms with Gasteiger partial charge in [0.25, 0.3) is 11.8 Å². The molecule has 210 valence electrons. The van der Waals surface area contributed by atoms with Crippen molar-refractivity contribution < 1.29 is 32.2 Å². The van der Waals surface area contributed by atoms with Crippen molar-refractivity contribution in [1.29, 1.82) is 0 Å². The first kappa shape index (κ1) is 27.4. The van der Waals surface area contributed by atoms with Crippen molar-refractivity contribution in [3.63, 3.8) is 0 Å². The van der Waals surface area contributed by atoms with Gasteiger partial charge < -0.3 is 24.8 Å². The number of sulfonamides is 1. The van der Waals surface area contributed by atoms with Gasteiger partial charge in [0.05, 0.1) is 13.2 Å². The number of piperidine rings is 1. The van der Waals surface area contributed by atoms with E-state index in [0.717, 1.165) is 11.1 Å². The zero-order valence-corrected chi connectivity index (χ0v) is 22.9. The molecule has 1 fully saturated rings. The standard InChI is InChI=1S/C28H30N4O7S/c1-18-5-6-19-12-25(18)38-17-27(33)30-14-20-7-8-21(13-26(20)37-2)39-24-9-11-32(16-23(24)31-28(19)34)40(35,36)22-4-3-10-29-15-22/h3-8,10,12-13,15,23-24H,9,11,14,16-17H2,1-2H3,(H,30,33)(H,31,34)/t23-,24+/m0/s1. The lowest BCUT2D eigenvalue weighted by atomic mass is 10.0. The van der Waals surface area contributed by atoms with Crippen molar-refractivity contribution in [3.8, 4) is 17.2 Å². The van der Waals surface area contributed by atoms with Gasteiger partial charge in [0.15, 0.2) is 6.61 Å². The maximum atomic E-state index is 13.4. The van der Waals surface area contributed by atoms with E-state index >= 15 is 0 Å². The summed E-state index contributed by atoms with van der Waals surface area (Å²) in [5, 5.41) is 5.78. The molecule has 11 nitrogen and oxygen atoms in total. The first-order chi connectivity index (χ1) is 19.2. The van der Waals surface area contributed by atoms with E-state index in [4.69, 9.17) is 14.2 Å². The predicted molar refractivity (Wildman–Crippen MR) is 145 cm³/mol. The van der Waals surface area contributed by atoms with Crippen molar-refractivity contribution in [1.82, 2.24) is 19.9 Å². The van der Waals surface area contributed by atoms with E-state index in [0.29, 0.717) is 29.2 Å². The number of ether oxygens (including phenoxy) is 3. The second kappa shape index (κ2) is 11.5. The van der Waals surface area contributed by atoms with Crippen molar-refractivity contribution in [2.24, 2.45) is 0 Å². The van der Waals surface area contributed by atoms with Gasteiger partial charge in [0, 0.05) is 55.6 Å². The molecule has 4 bridgehead atoms. The van der Waals surface area contributed by atoms with Crippen LogP contribution in [0.5, 0.6) is 17.2 Å². The molecule has 40 heavy (non-hydrogen) atoms. The molecule has 3 aliphatic heterocycles. The van der Waals surface area contributed by atoms with Gasteiger partial charge in [-0.15, -0.1) is 0 Å². The van der Waals surface area contributed by atoms with Crippen LogP contribution in [0.4, 0.5) is 0 Å². The van der Waals surface area contributed by atoms with Crippen LogP contribution in [0.25, 0.3) is 0 Å². The minimum atomic E-state index is -3.84. The van der Waals surface area contributed by atoms with E-state index in [-0.39, 0.29) is 37.0 Å². The van der Waals surface area contributed by atoms with Gasteiger partial charge in [0.1, 0.15) is 28.2 Å². The largest absolute Gasteiger partial charge is 0.496 e. The Morgan fingerprint density at radius 3 is 2.75 bits per heavy atom. The smallest absolute Gasteiger partial charge is 0.258 e. The number of nitrogens with one attached hydrogen (secondary N) is 2. The van der Waals surface area contributed by atoms with E-state index in [1.807, 2.05) is 6.92 Å². The molecule has 2 amide bonds. The molecule has 12 heteroatoms.